The third kappa shape index (κ3) is 5.57. The van der Waals surface area contributed by atoms with Crippen molar-refractivity contribution in [2.45, 2.75) is 20.0 Å². The van der Waals surface area contributed by atoms with Crippen molar-refractivity contribution in [2.75, 3.05) is 17.3 Å². The van der Waals surface area contributed by atoms with Gasteiger partial charge in [0.25, 0.3) is 5.91 Å². The van der Waals surface area contributed by atoms with Gasteiger partial charge in [-0.3, -0.25) is 4.79 Å². The van der Waals surface area contributed by atoms with Crippen LogP contribution in [-0.4, -0.2) is 18.0 Å². The standard InChI is InChI=1S/C28H27N3O2/c1-21-25(30-28(32)24-15-9-10-16-26(24)33-2)17-18-27(29-21)31(19-22-11-5-3-6-12-22)20-23-13-7-4-8-14-23/h3-18H,19-20H2,1-2H3,(H,30,32). The summed E-state index contributed by atoms with van der Waals surface area (Å²) in [7, 11) is 1.56. The Morgan fingerprint density at radius 2 is 1.39 bits per heavy atom. The fourth-order valence-electron chi connectivity index (χ4n) is 3.70. The quantitative estimate of drug-likeness (QED) is 0.375. The van der Waals surface area contributed by atoms with Crippen LogP contribution in [0.3, 0.4) is 0 Å². The van der Waals surface area contributed by atoms with E-state index in [-0.39, 0.29) is 5.91 Å². The van der Waals surface area contributed by atoms with Crippen LogP contribution >= 0.6 is 0 Å². The Balaban J connectivity index is 1.58. The molecule has 166 valence electrons. The number of ether oxygens (including phenoxy) is 1. The summed E-state index contributed by atoms with van der Waals surface area (Å²) in [6.45, 7) is 3.37. The first-order valence-electron chi connectivity index (χ1n) is 10.9. The topological polar surface area (TPSA) is 54.5 Å². The number of carbonyl (C=O) groups excluding carboxylic acids is 1. The number of benzene rings is 3. The van der Waals surface area contributed by atoms with E-state index in [4.69, 9.17) is 9.72 Å². The molecule has 1 N–H and O–H groups in total. The molecule has 0 aliphatic heterocycles. The zero-order valence-corrected chi connectivity index (χ0v) is 18.9. The number of hydrogen-bond donors (Lipinski definition) is 1. The molecule has 4 rings (SSSR count). The number of aromatic nitrogens is 1. The summed E-state index contributed by atoms with van der Waals surface area (Å²) in [6.07, 6.45) is 0. The molecule has 5 heteroatoms. The number of carbonyl (C=O) groups is 1. The molecule has 3 aromatic carbocycles. The molecular weight excluding hydrogens is 410 g/mol. The maximum absolute atomic E-state index is 12.8. The van der Waals surface area contributed by atoms with Crippen molar-refractivity contribution in [3.8, 4) is 5.75 Å². The van der Waals surface area contributed by atoms with Gasteiger partial charge in [0.15, 0.2) is 0 Å². The number of rotatable bonds is 8. The van der Waals surface area contributed by atoms with Gasteiger partial charge < -0.3 is 15.0 Å². The second-order valence-electron chi connectivity index (χ2n) is 7.78. The first-order chi connectivity index (χ1) is 16.1. The minimum absolute atomic E-state index is 0.226. The minimum atomic E-state index is -0.226. The maximum atomic E-state index is 12.8. The summed E-state index contributed by atoms with van der Waals surface area (Å²) < 4.78 is 5.32. The van der Waals surface area contributed by atoms with Crippen molar-refractivity contribution in [3.05, 3.63) is 119 Å². The first kappa shape index (κ1) is 22.1. The molecule has 0 saturated carbocycles. The molecule has 0 saturated heterocycles. The Morgan fingerprint density at radius 1 is 0.818 bits per heavy atom. The Morgan fingerprint density at radius 3 is 1.97 bits per heavy atom. The minimum Gasteiger partial charge on any atom is -0.496 e. The number of hydrogen-bond acceptors (Lipinski definition) is 4. The Labute approximate surface area is 194 Å². The van der Waals surface area contributed by atoms with Crippen molar-refractivity contribution in [1.29, 1.82) is 0 Å². The average Bonchev–Trinajstić information content (AvgIpc) is 2.86. The van der Waals surface area contributed by atoms with E-state index < -0.39 is 0 Å². The Hall–Kier alpha value is -4.12. The predicted molar refractivity (Wildman–Crippen MR) is 133 cm³/mol. The normalized spacial score (nSPS) is 10.5. The van der Waals surface area contributed by atoms with Crippen LogP contribution in [0, 0.1) is 6.92 Å². The summed E-state index contributed by atoms with van der Waals surface area (Å²) in [5.41, 5.74) is 4.33. The van der Waals surface area contributed by atoms with Gasteiger partial charge in [-0.25, -0.2) is 4.98 Å². The number of pyridine rings is 1. The number of methoxy groups -OCH3 is 1. The second kappa shape index (κ2) is 10.5. The molecule has 0 aliphatic rings. The number of anilines is 2. The smallest absolute Gasteiger partial charge is 0.259 e. The summed E-state index contributed by atoms with van der Waals surface area (Å²) in [6, 6.07) is 31.7. The van der Waals surface area contributed by atoms with Crippen LogP contribution in [0.15, 0.2) is 97.1 Å². The molecule has 0 bridgehead atoms. The third-order valence-corrected chi connectivity index (χ3v) is 5.43. The average molecular weight is 438 g/mol. The van der Waals surface area contributed by atoms with Gasteiger partial charge in [0.1, 0.15) is 11.6 Å². The largest absolute Gasteiger partial charge is 0.496 e. The van der Waals surface area contributed by atoms with E-state index in [0.717, 1.165) is 24.6 Å². The lowest BCUT2D eigenvalue weighted by Crippen LogP contribution is -2.23. The van der Waals surface area contributed by atoms with E-state index in [0.29, 0.717) is 17.0 Å². The molecule has 0 fully saturated rings. The summed E-state index contributed by atoms with van der Waals surface area (Å²) in [4.78, 5) is 19.9. The SMILES string of the molecule is COc1ccccc1C(=O)Nc1ccc(N(Cc2ccccc2)Cc2ccccc2)nc1C. The van der Waals surface area contributed by atoms with Crippen LogP contribution in [0.4, 0.5) is 11.5 Å². The van der Waals surface area contributed by atoms with Crippen molar-refractivity contribution < 1.29 is 9.53 Å². The van der Waals surface area contributed by atoms with Crippen LogP contribution in [-0.2, 0) is 13.1 Å². The molecule has 0 radical (unpaired) electrons. The summed E-state index contributed by atoms with van der Waals surface area (Å²) in [5.74, 6) is 1.17. The second-order valence-corrected chi connectivity index (χ2v) is 7.78. The first-order valence-corrected chi connectivity index (χ1v) is 10.9. The highest BCUT2D eigenvalue weighted by Gasteiger charge is 2.15. The zero-order valence-electron chi connectivity index (χ0n) is 18.9. The van der Waals surface area contributed by atoms with Crippen LogP contribution in [0.5, 0.6) is 5.75 Å². The van der Waals surface area contributed by atoms with Crippen LogP contribution < -0.4 is 15.0 Å². The maximum Gasteiger partial charge on any atom is 0.259 e. The highest BCUT2D eigenvalue weighted by atomic mass is 16.5. The molecule has 1 aromatic heterocycles. The van der Waals surface area contributed by atoms with Gasteiger partial charge in [-0.05, 0) is 42.3 Å². The van der Waals surface area contributed by atoms with Crippen molar-refractivity contribution in [1.82, 2.24) is 4.98 Å². The summed E-state index contributed by atoms with van der Waals surface area (Å²) in [5, 5.41) is 2.97. The van der Waals surface area contributed by atoms with Crippen LogP contribution in [0.25, 0.3) is 0 Å². The molecule has 0 atom stereocenters. The molecular formula is C28H27N3O2. The van der Waals surface area contributed by atoms with Gasteiger partial charge in [-0.2, -0.15) is 0 Å². The van der Waals surface area contributed by atoms with E-state index in [2.05, 4.69) is 34.5 Å². The lowest BCUT2D eigenvalue weighted by atomic mass is 10.1. The Kier molecular flexibility index (Phi) is 7.00. The van der Waals surface area contributed by atoms with E-state index in [1.807, 2.05) is 67.6 Å². The monoisotopic (exact) mass is 437 g/mol. The number of nitrogens with one attached hydrogen (secondary N) is 1. The molecule has 0 spiro atoms. The van der Waals surface area contributed by atoms with Gasteiger partial charge in [-0.1, -0.05) is 72.8 Å². The third-order valence-electron chi connectivity index (χ3n) is 5.43. The van der Waals surface area contributed by atoms with Crippen LogP contribution in [0.1, 0.15) is 27.2 Å². The zero-order chi connectivity index (χ0) is 23.0. The lowest BCUT2D eigenvalue weighted by Gasteiger charge is -2.25. The lowest BCUT2D eigenvalue weighted by molar-refractivity contribution is 0.102. The van der Waals surface area contributed by atoms with Crippen molar-refractivity contribution in [2.24, 2.45) is 0 Å². The van der Waals surface area contributed by atoms with Gasteiger partial charge in [0.05, 0.1) is 24.1 Å². The molecule has 0 unspecified atom stereocenters. The van der Waals surface area contributed by atoms with E-state index in [1.165, 1.54) is 11.1 Å². The number of amides is 1. The number of nitrogens with zero attached hydrogens (tertiary/aromatic N) is 2. The highest BCUT2D eigenvalue weighted by Crippen LogP contribution is 2.24. The van der Waals surface area contributed by atoms with Gasteiger partial charge >= 0.3 is 0 Å². The summed E-state index contributed by atoms with van der Waals surface area (Å²) >= 11 is 0. The van der Waals surface area contributed by atoms with Gasteiger partial charge in [0, 0.05) is 13.1 Å². The van der Waals surface area contributed by atoms with E-state index in [9.17, 15) is 4.79 Å². The number of aryl methyl sites for hydroxylation is 1. The fourth-order valence-corrected chi connectivity index (χ4v) is 3.70. The fraction of sp³-hybridized carbons (Fsp3) is 0.143. The van der Waals surface area contributed by atoms with E-state index in [1.54, 1.807) is 19.2 Å². The van der Waals surface area contributed by atoms with Crippen LogP contribution in [0.2, 0.25) is 0 Å². The molecule has 1 amide bonds. The highest BCUT2D eigenvalue weighted by molar-refractivity contribution is 6.06. The molecule has 0 aliphatic carbocycles. The molecule has 5 nitrogen and oxygen atoms in total. The number of para-hydroxylation sites is 1. The molecule has 4 aromatic rings. The molecule has 1 heterocycles. The van der Waals surface area contributed by atoms with Crippen molar-refractivity contribution >= 4 is 17.4 Å². The van der Waals surface area contributed by atoms with E-state index >= 15 is 0 Å². The van der Waals surface area contributed by atoms with Gasteiger partial charge in [0.2, 0.25) is 0 Å². The van der Waals surface area contributed by atoms with Gasteiger partial charge in [-0.15, -0.1) is 0 Å². The van der Waals surface area contributed by atoms with Crippen molar-refractivity contribution in [3.63, 3.8) is 0 Å². The Bertz CT molecular complexity index is 1170. The predicted octanol–water partition coefficient (Wildman–Crippen LogP) is 5.86. The molecule has 33 heavy (non-hydrogen) atoms.